The zero-order valence-corrected chi connectivity index (χ0v) is 13.4. The van der Waals surface area contributed by atoms with Crippen molar-refractivity contribution < 1.29 is 14.3 Å². The van der Waals surface area contributed by atoms with Crippen LogP contribution < -0.4 is 20.1 Å². The molecule has 0 radical (unpaired) electrons. The average molecular weight is 316 g/mol. The highest BCUT2D eigenvalue weighted by Gasteiger charge is 2.31. The van der Waals surface area contributed by atoms with E-state index in [0.717, 1.165) is 11.4 Å². The molecule has 0 spiro atoms. The molecule has 7 nitrogen and oxygen atoms in total. The lowest BCUT2D eigenvalue weighted by Gasteiger charge is -2.30. The first-order chi connectivity index (χ1) is 11.1. The number of hydrogen-bond donors (Lipinski definition) is 1. The first kappa shape index (κ1) is 15.4. The lowest BCUT2D eigenvalue weighted by Crippen LogP contribution is -2.39. The Balaban J connectivity index is 1.98. The van der Waals surface area contributed by atoms with Crippen molar-refractivity contribution in [1.82, 2.24) is 9.78 Å². The standard InChI is InChI=1S/C16H20N4O3/c1-19-15-11(9-18-19)12(17)6-7-20(15)16(21)10-4-5-13(22-2)14(8-10)23-3/h4-5,8-9,12H,6-7,17H2,1-3H3. The van der Waals surface area contributed by atoms with Crippen molar-refractivity contribution in [3.8, 4) is 11.5 Å². The fourth-order valence-corrected chi connectivity index (χ4v) is 2.89. The summed E-state index contributed by atoms with van der Waals surface area (Å²) in [6.45, 7) is 0.556. The van der Waals surface area contributed by atoms with Gasteiger partial charge in [0.15, 0.2) is 11.5 Å². The summed E-state index contributed by atoms with van der Waals surface area (Å²) < 4.78 is 12.2. The second kappa shape index (κ2) is 5.92. The Hall–Kier alpha value is -2.54. The molecule has 1 aliphatic heterocycles. The molecule has 1 atom stereocenters. The Kier molecular flexibility index (Phi) is 3.96. The Morgan fingerprint density at radius 1 is 1.30 bits per heavy atom. The average Bonchev–Trinajstić information content (AvgIpc) is 2.97. The van der Waals surface area contributed by atoms with Crippen LogP contribution in [0, 0.1) is 0 Å². The summed E-state index contributed by atoms with van der Waals surface area (Å²) in [5, 5.41) is 4.23. The summed E-state index contributed by atoms with van der Waals surface area (Å²) in [5.41, 5.74) is 7.54. The number of hydrogen-bond acceptors (Lipinski definition) is 5. The van der Waals surface area contributed by atoms with Crippen molar-refractivity contribution in [2.24, 2.45) is 12.8 Å². The monoisotopic (exact) mass is 316 g/mol. The molecule has 1 aromatic heterocycles. The van der Waals surface area contributed by atoms with Crippen molar-refractivity contribution in [1.29, 1.82) is 0 Å². The van der Waals surface area contributed by atoms with E-state index in [9.17, 15) is 4.79 Å². The number of anilines is 1. The van der Waals surface area contributed by atoms with Crippen LogP contribution in [0.4, 0.5) is 5.82 Å². The molecule has 0 saturated carbocycles. The predicted octanol–water partition coefficient (Wildman–Crippen LogP) is 1.49. The summed E-state index contributed by atoms with van der Waals surface area (Å²) in [5.74, 6) is 1.76. The van der Waals surface area contributed by atoms with Gasteiger partial charge in [-0.05, 0) is 24.6 Å². The summed E-state index contributed by atoms with van der Waals surface area (Å²) in [6.07, 6.45) is 2.44. The molecule has 122 valence electrons. The molecule has 0 fully saturated rings. The van der Waals surface area contributed by atoms with Crippen LogP contribution in [0.1, 0.15) is 28.4 Å². The van der Waals surface area contributed by atoms with Crippen molar-refractivity contribution >= 4 is 11.7 Å². The Morgan fingerprint density at radius 3 is 2.74 bits per heavy atom. The van der Waals surface area contributed by atoms with Crippen molar-refractivity contribution in [2.45, 2.75) is 12.5 Å². The topological polar surface area (TPSA) is 82.6 Å². The minimum absolute atomic E-state index is 0.0897. The first-order valence-corrected chi connectivity index (χ1v) is 7.38. The SMILES string of the molecule is COc1ccc(C(=O)N2CCC(N)c3cnn(C)c32)cc1OC. The second-order valence-corrected chi connectivity index (χ2v) is 5.47. The Bertz CT molecular complexity index is 741. The zero-order valence-electron chi connectivity index (χ0n) is 13.4. The highest BCUT2D eigenvalue weighted by Crippen LogP contribution is 2.34. The number of nitrogens with two attached hydrogens (primary N) is 1. The van der Waals surface area contributed by atoms with E-state index in [4.69, 9.17) is 15.2 Å². The highest BCUT2D eigenvalue weighted by molar-refractivity contribution is 6.06. The van der Waals surface area contributed by atoms with Gasteiger partial charge in [-0.2, -0.15) is 5.10 Å². The number of rotatable bonds is 3. The minimum Gasteiger partial charge on any atom is -0.493 e. The van der Waals surface area contributed by atoms with E-state index in [-0.39, 0.29) is 11.9 Å². The summed E-state index contributed by atoms with van der Waals surface area (Å²) in [4.78, 5) is 14.6. The van der Waals surface area contributed by atoms with Crippen LogP contribution >= 0.6 is 0 Å². The van der Waals surface area contributed by atoms with Gasteiger partial charge in [0.25, 0.3) is 5.91 Å². The third-order valence-corrected chi connectivity index (χ3v) is 4.13. The number of aryl methyl sites for hydroxylation is 1. The number of benzene rings is 1. The van der Waals surface area contributed by atoms with Gasteiger partial charge in [-0.3, -0.25) is 14.4 Å². The highest BCUT2D eigenvalue weighted by atomic mass is 16.5. The van der Waals surface area contributed by atoms with E-state index in [2.05, 4.69) is 5.10 Å². The molecular weight excluding hydrogens is 296 g/mol. The fraction of sp³-hybridized carbons (Fsp3) is 0.375. The van der Waals surface area contributed by atoms with Crippen LogP contribution in [-0.4, -0.2) is 36.5 Å². The lowest BCUT2D eigenvalue weighted by molar-refractivity contribution is 0.0982. The number of fused-ring (bicyclic) bond motifs is 1. The Labute approximate surface area is 134 Å². The lowest BCUT2D eigenvalue weighted by atomic mass is 10.0. The molecule has 1 aromatic carbocycles. The van der Waals surface area contributed by atoms with Gasteiger partial charge in [0.2, 0.25) is 0 Å². The number of amides is 1. The molecule has 0 bridgehead atoms. The van der Waals surface area contributed by atoms with Crippen molar-refractivity contribution in [3.63, 3.8) is 0 Å². The molecule has 1 unspecified atom stereocenters. The maximum absolute atomic E-state index is 12.9. The van der Waals surface area contributed by atoms with Crippen LogP contribution in [0.2, 0.25) is 0 Å². The van der Waals surface area contributed by atoms with Gasteiger partial charge < -0.3 is 15.2 Å². The van der Waals surface area contributed by atoms with Gasteiger partial charge in [0.1, 0.15) is 5.82 Å². The van der Waals surface area contributed by atoms with E-state index < -0.39 is 0 Å². The van der Waals surface area contributed by atoms with Crippen LogP contribution in [0.5, 0.6) is 11.5 Å². The molecule has 1 aliphatic rings. The number of carbonyl (C=O) groups is 1. The number of nitrogens with zero attached hydrogens (tertiary/aromatic N) is 3. The normalized spacial score (nSPS) is 16.9. The molecule has 3 rings (SSSR count). The summed E-state index contributed by atoms with van der Waals surface area (Å²) in [6, 6.07) is 5.06. The molecule has 2 heterocycles. The molecule has 2 aromatic rings. The zero-order chi connectivity index (χ0) is 16.6. The molecule has 0 saturated heterocycles. The summed E-state index contributed by atoms with van der Waals surface area (Å²) in [7, 11) is 4.92. The quantitative estimate of drug-likeness (QED) is 0.927. The molecule has 2 N–H and O–H groups in total. The first-order valence-electron chi connectivity index (χ1n) is 7.38. The number of methoxy groups -OCH3 is 2. The van der Waals surface area contributed by atoms with E-state index in [1.807, 2.05) is 7.05 Å². The number of aromatic nitrogens is 2. The van der Waals surface area contributed by atoms with Gasteiger partial charge in [0.05, 0.1) is 20.4 Å². The van der Waals surface area contributed by atoms with Crippen LogP contribution in [-0.2, 0) is 7.05 Å². The van der Waals surface area contributed by atoms with Gasteiger partial charge in [-0.15, -0.1) is 0 Å². The smallest absolute Gasteiger partial charge is 0.259 e. The van der Waals surface area contributed by atoms with Gasteiger partial charge >= 0.3 is 0 Å². The van der Waals surface area contributed by atoms with E-state index in [1.165, 1.54) is 0 Å². The molecule has 7 heteroatoms. The third kappa shape index (κ3) is 2.53. The Morgan fingerprint density at radius 2 is 2.04 bits per heavy atom. The minimum atomic E-state index is -0.109. The van der Waals surface area contributed by atoms with E-state index >= 15 is 0 Å². The second-order valence-electron chi connectivity index (χ2n) is 5.47. The molecule has 0 aliphatic carbocycles. The third-order valence-electron chi connectivity index (χ3n) is 4.13. The van der Waals surface area contributed by atoms with Gasteiger partial charge in [-0.1, -0.05) is 0 Å². The van der Waals surface area contributed by atoms with E-state index in [0.29, 0.717) is 30.0 Å². The van der Waals surface area contributed by atoms with Crippen LogP contribution in [0.15, 0.2) is 24.4 Å². The fourth-order valence-electron chi connectivity index (χ4n) is 2.89. The van der Waals surface area contributed by atoms with Crippen molar-refractivity contribution in [2.75, 3.05) is 25.7 Å². The molecular formula is C16H20N4O3. The van der Waals surface area contributed by atoms with E-state index in [1.54, 1.807) is 48.2 Å². The number of carbonyl (C=O) groups excluding carboxylic acids is 1. The maximum Gasteiger partial charge on any atom is 0.259 e. The van der Waals surface area contributed by atoms with Crippen LogP contribution in [0.25, 0.3) is 0 Å². The molecule has 1 amide bonds. The predicted molar refractivity (Wildman–Crippen MR) is 86.0 cm³/mol. The van der Waals surface area contributed by atoms with Crippen LogP contribution in [0.3, 0.4) is 0 Å². The van der Waals surface area contributed by atoms with Gasteiger partial charge in [0, 0.05) is 30.8 Å². The summed E-state index contributed by atoms with van der Waals surface area (Å²) >= 11 is 0. The largest absolute Gasteiger partial charge is 0.493 e. The maximum atomic E-state index is 12.9. The van der Waals surface area contributed by atoms with Gasteiger partial charge in [-0.25, -0.2) is 0 Å². The number of ether oxygens (including phenoxy) is 2. The van der Waals surface area contributed by atoms with Crippen molar-refractivity contribution in [3.05, 3.63) is 35.5 Å². The molecule has 23 heavy (non-hydrogen) atoms.